The molecule has 0 aliphatic rings. The van der Waals surface area contributed by atoms with Crippen molar-refractivity contribution in [3.63, 3.8) is 0 Å². The number of rotatable bonds is 3. The molecule has 1 aromatic heterocycles. The maximum atomic E-state index is 11.1. The van der Waals surface area contributed by atoms with E-state index in [-0.39, 0.29) is 23.0 Å². The summed E-state index contributed by atoms with van der Waals surface area (Å²) in [5, 5.41) is 0. The quantitative estimate of drug-likeness (QED) is 0.398. The van der Waals surface area contributed by atoms with E-state index in [1.54, 1.807) is 0 Å². The zero-order chi connectivity index (χ0) is 9.84. The number of ketones is 1. The lowest BCUT2D eigenvalue weighted by Gasteiger charge is -1.93. The van der Waals surface area contributed by atoms with Gasteiger partial charge in [-0.3, -0.25) is 19.4 Å². The van der Waals surface area contributed by atoms with Gasteiger partial charge in [-0.1, -0.05) is 0 Å². The lowest BCUT2D eigenvalue weighted by molar-refractivity contribution is -0.129. The Morgan fingerprint density at radius 2 is 2.31 bits per heavy atom. The van der Waals surface area contributed by atoms with Crippen molar-refractivity contribution in [2.45, 2.75) is 6.42 Å². The molecule has 0 unspecified atom stereocenters. The van der Waals surface area contributed by atoms with E-state index < -0.39 is 11.3 Å². The number of hydrogen-bond acceptors (Lipinski definition) is 4. The Kier molecular flexibility index (Phi) is 2.86. The first-order chi connectivity index (χ1) is 6.13. The monoisotopic (exact) mass is 198 g/mol. The summed E-state index contributed by atoms with van der Waals surface area (Å²) in [6, 6.07) is 0. The van der Waals surface area contributed by atoms with Crippen LogP contribution in [0.3, 0.4) is 0 Å². The number of aromatic amines is 2. The number of aldehydes is 1. The van der Waals surface area contributed by atoms with Crippen LogP contribution >= 0.6 is 12.2 Å². The van der Waals surface area contributed by atoms with Gasteiger partial charge >= 0.3 is 0 Å². The second-order valence-electron chi connectivity index (χ2n) is 2.36. The highest BCUT2D eigenvalue weighted by atomic mass is 32.1. The molecule has 0 fully saturated rings. The fourth-order valence-electron chi connectivity index (χ4n) is 0.798. The molecule has 2 N–H and O–H groups in total. The predicted molar refractivity (Wildman–Crippen MR) is 47.0 cm³/mol. The molecule has 1 rings (SSSR count). The van der Waals surface area contributed by atoms with Crippen LogP contribution in [-0.2, 0) is 16.0 Å². The molecule has 0 bridgehead atoms. The van der Waals surface area contributed by atoms with Gasteiger partial charge in [0.1, 0.15) is 0 Å². The number of hydrogen-bond donors (Lipinski definition) is 2. The van der Waals surface area contributed by atoms with Crippen molar-refractivity contribution >= 4 is 24.3 Å². The molecule has 0 saturated carbocycles. The van der Waals surface area contributed by atoms with Gasteiger partial charge in [-0.15, -0.1) is 0 Å². The molecule has 0 atom stereocenters. The van der Waals surface area contributed by atoms with Gasteiger partial charge in [0.25, 0.3) is 5.56 Å². The van der Waals surface area contributed by atoms with Gasteiger partial charge in [-0.25, -0.2) is 0 Å². The van der Waals surface area contributed by atoms with E-state index in [4.69, 9.17) is 0 Å². The van der Waals surface area contributed by atoms with Crippen LogP contribution in [0.15, 0.2) is 11.0 Å². The van der Waals surface area contributed by atoms with Crippen LogP contribution in [0.5, 0.6) is 0 Å². The summed E-state index contributed by atoms with van der Waals surface area (Å²) in [7, 11) is 0. The molecule has 0 aliphatic heterocycles. The topological polar surface area (TPSA) is 82.8 Å². The number of aromatic nitrogens is 2. The van der Waals surface area contributed by atoms with Crippen LogP contribution in [0.4, 0.5) is 0 Å². The maximum Gasteiger partial charge on any atom is 0.255 e. The Morgan fingerprint density at radius 3 is 2.85 bits per heavy atom. The van der Waals surface area contributed by atoms with Gasteiger partial charge in [-0.05, 0) is 12.2 Å². The van der Waals surface area contributed by atoms with Crippen LogP contribution in [0.1, 0.15) is 5.56 Å². The molecule has 1 aromatic rings. The van der Waals surface area contributed by atoms with E-state index in [0.717, 1.165) is 0 Å². The molecule has 6 heteroatoms. The predicted octanol–water partition coefficient (Wildman–Crippen LogP) is -0.257. The number of Topliss-reactive ketones (excluding diaryl/α,β-unsaturated/α-hetero) is 1. The van der Waals surface area contributed by atoms with Crippen molar-refractivity contribution in [3.05, 3.63) is 26.9 Å². The van der Waals surface area contributed by atoms with Gasteiger partial charge in [0.2, 0.25) is 0 Å². The van der Waals surface area contributed by atoms with Crippen molar-refractivity contribution in [1.29, 1.82) is 0 Å². The van der Waals surface area contributed by atoms with Crippen molar-refractivity contribution in [2.75, 3.05) is 0 Å². The van der Waals surface area contributed by atoms with Crippen molar-refractivity contribution in [2.24, 2.45) is 0 Å². The van der Waals surface area contributed by atoms with Crippen molar-refractivity contribution in [1.82, 2.24) is 9.97 Å². The maximum absolute atomic E-state index is 11.1. The van der Waals surface area contributed by atoms with Crippen LogP contribution in [0.2, 0.25) is 0 Å². The highest BCUT2D eigenvalue weighted by molar-refractivity contribution is 7.71. The molecule has 0 aliphatic carbocycles. The fourth-order valence-corrected chi connectivity index (χ4v) is 0.950. The number of carbonyl (C=O) groups is 2. The Balaban J connectivity index is 3.03. The molecule has 0 amide bonds. The van der Waals surface area contributed by atoms with Crippen LogP contribution in [-0.4, -0.2) is 22.0 Å². The molecule has 1 heterocycles. The van der Waals surface area contributed by atoms with Crippen LogP contribution in [0.25, 0.3) is 0 Å². The number of nitrogens with one attached hydrogen (secondary N) is 2. The van der Waals surface area contributed by atoms with Crippen molar-refractivity contribution in [3.8, 4) is 0 Å². The minimum Gasteiger partial charge on any atom is -0.338 e. The van der Waals surface area contributed by atoms with E-state index >= 15 is 0 Å². The molecule has 0 saturated heterocycles. The van der Waals surface area contributed by atoms with Gasteiger partial charge in [0.15, 0.2) is 16.8 Å². The number of H-pyrrole nitrogens is 2. The first-order valence-electron chi connectivity index (χ1n) is 3.42. The zero-order valence-electron chi connectivity index (χ0n) is 6.49. The molecular formula is C7H6N2O3S. The molecule has 0 aromatic carbocycles. The third-order valence-corrected chi connectivity index (χ3v) is 1.61. The Morgan fingerprint density at radius 1 is 1.62 bits per heavy atom. The second-order valence-corrected chi connectivity index (χ2v) is 2.77. The smallest absolute Gasteiger partial charge is 0.255 e. The van der Waals surface area contributed by atoms with Gasteiger partial charge < -0.3 is 4.98 Å². The lowest BCUT2D eigenvalue weighted by atomic mass is 10.2. The van der Waals surface area contributed by atoms with E-state index in [1.807, 2.05) is 0 Å². The lowest BCUT2D eigenvalue weighted by Crippen LogP contribution is -2.17. The first-order valence-corrected chi connectivity index (χ1v) is 3.83. The summed E-state index contributed by atoms with van der Waals surface area (Å²) < 4.78 is 0.187. The van der Waals surface area contributed by atoms with Crippen LogP contribution in [0, 0.1) is 4.77 Å². The summed E-state index contributed by atoms with van der Waals surface area (Å²) in [5.41, 5.74) is -0.246. The average Bonchev–Trinajstić information content (AvgIpc) is 2.09. The molecular weight excluding hydrogens is 192 g/mol. The summed E-state index contributed by atoms with van der Waals surface area (Å²) in [6.45, 7) is 0. The molecule has 0 spiro atoms. The molecule has 5 nitrogen and oxygen atoms in total. The molecule has 68 valence electrons. The molecule has 0 radical (unpaired) electrons. The Labute approximate surface area is 77.8 Å². The Hall–Kier alpha value is -1.56. The standard InChI is InChI=1S/C7H6N2O3S/c10-3-5(11)1-4-2-8-7(13)9-6(4)12/h2-3H,1H2,(H2,8,9,12,13). The SMILES string of the molecule is O=CC(=O)Cc1c[nH]c(=S)[nH]c1=O. The third-order valence-electron chi connectivity index (χ3n) is 1.39. The third kappa shape index (κ3) is 2.45. The largest absolute Gasteiger partial charge is 0.338 e. The Bertz CT molecular complexity index is 446. The van der Waals surface area contributed by atoms with E-state index in [1.165, 1.54) is 6.20 Å². The highest BCUT2D eigenvalue weighted by Crippen LogP contribution is 1.88. The first kappa shape index (κ1) is 9.53. The van der Waals surface area contributed by atoms with Crippen molar-refractivity contribution < 1.29 is 9.59 Å². The summed E-state index contributed by atoms with van der Waals surface area (Å²) >= 11 is 4.64. The summed E-state index contributed by atoms with van der Waals surface area (Å²) in [4.78, 5) is 36.6. The van der Waals surface area contributed by atoms with Gasteiger partial charge in [0, 0.05) is 18.2 Å². The summed E-state index contributed by atoms with van der Waals surface area (Å²) in [5.74, 6) is -0.643. The summed E-state index contributed by atoms with van der Waals surface area (Å²) in [6.07, 6.45) is 1.30. The van der Waals surface area contributed by atoms with Gasteiger partial charge in [0.05, 0.1) is 0 Å². The van der Waals surface area contributed by atoms with E-state index in [2.05, 4.69) is 22.2 Å². The second kappa shape index (κ2) is 3.90. The zero-order valence-corrected chi connectivity index (χ0v) is 7.31. The number of carbonyl (C=O) groups excluding carboxylic acids is 2. The highest BCUT2D eigenvalue weighted by Gasteiger charge is 2.05. The normalized spacial score (nSPS) is 9.54. The average molecular weight is 198 g/mol. The van der Waals surface area contributed by atoms with E-state index in [9.17, 15) is 14.4 Å². The minimum atomic E-state index is -0.643. The van der Waals surface area contributed by atoms with E-state index in [0.29, 0.717) is 0 Å². The fraction of sp³-hybridized carbons (Fsp3) is 0.143. The molecule has 13 heavy (non-hydrogen) atoms. The van der Waals surface area contributed by atoms with Crippen LogP contribution < -0.4 is 5.56 Å². The minimum absolute atomic E-state index is 0.182. The van der Waals surface area contributed by atoms with Gasteiger partial charge in [-0.2, -0.15) is 0 Å².